The quantitative estimate of drug-likeness (QED) is 0.707. The highest BCUT2D eigenvalue weighted by molar-refractivity contribution is 5.77. The van der Waals surface area contributed by atoms with Gasteiger partial charge >= 0.3 is 0 Å². The van der Waals surface area contributed by atoms with Crippen LogP contribution in [0, 0.1) is 5.41 Å². The van der Waals surface area contributed by atoms with Gasteiger partial charge in [-0.3, -0.25) is 4.79 Å². The Hall–Kier alpha value is -1.59. The van der Waals surface area contributed by atoms with E-state index in [9.17, 15) is 4.79 Å². The van der Waals surface area contributed by atoms with E-state index in [0.29, 0.717) is 0 Å². The molecule has 0 N–H and O–H groups in total. The molecule has 1 amide bonds. The number of fused-ring (bicyclic) bond motifs is 1. The molecule has 4 rings (SSSR count). The Bertz CT molecular complexity index is 706. The molecule has 5 heteroatoms. The molecule has 166 valence electrons. The first-order valence-corrected chi connectivity index (χ1v) is 11.9. The van der Waals surface area contributed by atoms with Gasteiger partial charge in [-0.25, -0.2) is 0 Å². The summed E-state index contributed by atoms with van der Waals surface area (Å²) in [6, 6.07) is 8.96. The molecule has 0 unspecified atom stereocenters. The molecular formula is C25H39N3O2. The van der Waals surface area contributed by atoms with Crippen LogP contribution in [0.5, 0.6) is 5.75 Å². The molecule has 3 aliphatic rings. The fraction of sp³-hybridized carbons (Fsp3) is 0.720. The number of hydrogen-bond donors (Lipinski definition) is 0. The third-order valence-electron chi connectivity index (χ3n) is 7.79. The number of aryl methyl sites for hydroxylation is 1. The molecule has 1 spiro atoms. The number of carbonyl (C=O) groups excluding carboxylic acids is 1. The fourth-order valence-corrected chi connectivity index (χ4v) is 5.72. The van der Waals surface area contributed by atoms with Crippen LogP contribution in [0.2, 0.25) is 0 Å². The fourth-order valence-electron chi connectivity index (χ4n) is 5.72. The number of carbonyl (C=O) groups is 1. The Labute approximate surface area is 182 Å². The average Bonchev–Trinajstić information content (AvgIpc) is 2.76. The summed E-state index contributed by atoms with van der Waals surface area (Å²) in [4.78, 5) is 19.9. The summed E-state index contributed by atoms with van der Waals surface area (Å²) in [6.45, 7) is 5.85. The van der Waals surface area contributed by atoms with Gasteiger partial charge in [0.25, 0.3) is 5.91 Å². The monoisotopic (exact) mass is 413 g/mol. The number of amides is 1. The smallest absolute Gasteiger partial charge is 0.260 e. The molecule has 0 saturated carbocycles. The zero-order chi connectivity index (χ0) is 21.0. The molecule has 0 atom stereocenters. The molecule has 2 saturated heterocycles. The van der Waals surface area contributed by atoms with Crippen LogP contribution in [0.25, 0.3) is 0 Å². The number of nitrogens with zero attached hydrogens (tertiary/aromatic N) is 3. The Morgan fingerprint density at radius 3 is 2.47 bits per heavy atom. The Balaban J connectivity index is 1.40. The van der Waals surface area contributed by atoms with Crippen molar-refractivity contribution >= 4 is 5.91 Å². The van der Waals surface area contributed by atoms with Gasteiger partial charge in [0, 0.05) is 19.6 Å². The lowest BCUT2D eigenvalue weighted by Gasteiger charge is -2.47. The summed E-state index contributed by atoms with van der Waals surface area (Å²) >= 11 is 0. The molecule has 1 aromatic rings. The van der Waals surface area contributed by atoms with Crippen LogP contribution < -0.4 is 4.74 Å². The van der Waals surface area contributed by atoms with Gasteiger partial charge in [-0.05, 0) is 95.2 Å². The highest BCUT2D eigenvalue weighted by atomic mass is 16.5. The number of piperidine rings is 2. The molecule has 5 nitrogen and oxygen atoms in total. The van der Waals surface area contributed by atoms with Crippen LogP contribution >= 0.6 is 0 Å². The van der Waals surface area contributed by atoms with E-state index >= 15 is 0 Å². The van der Waals surface area contributed by atoms with Crippen molar-refractivity contribution < 1.29 is 9.53 Å². The van der Waals surface area contributed by atoms with E-state index in [1.165, 1.54) is 76.7 Å². The van der Waals surface area contributed by atoms with Gasteiger partial charge in [0.2, 0.25) is 0 Å². The third kappa shape index (κ3) is 5.17. The SMILES string of the molecule is CN1CCC(N2CCC3(CCCCc4ccccc4OCC(=O)N(C)C3)CC2)CC1. The molecule has 0 aromatic heterocycles. The van der Waals surface area contributed by atoms with Crippen molar-refractivity contribution in [3.63, 3.8) is 0 Å². The number of benzene rings is 1. The lowest BCUT2D eigenvalue weighted by molar-refractivity contribution is -0.134. The zero-order valence-electron chi connectivity index (χ0n) is 18.9. The number of para-hydroxylation sites is 1. The van der Waals surface area contributed by atoms with Gasteiger partial charge in [0.15, 0.2) is 6.61 Å². The standard InChI is InChI=1S/C25H39N3O2/c1-26-15-10-22(11-16-26)28-17-13-25(14-18-28)12-6-5-8-21-7-3-4-9-23(21)30-19-24(29)27(2)20-25/h3-4,7,9,22H,5-6,8,10-20H2,1-2H3. The minimum absolute atomic E-state index is 0.0995. The van der Waals surface area contributed by atoms with Crippen molar-refractivity contribution in [1.82, 2.24) is 14.7 Å². The summed E-state index contributed by atoms with van der Waals surface area (Å²) in [7, 11) is 4.20. The minimum Gasteiger partial charge on any atom is -0.483 e. The lowest BCUT2D eigenvalue weighted by atomic mass is 9.73. The molecule has 0 radical (unpaired) electrons. The minimum atomic E-state index is 0.0995. The average molecular weight is 414 g/mol. The molecular weight excluding hydrogens is 374 g/mol. The van der Waals surface area contributed by atoms with Crippen LogP contribution in [0.15, 0.2) is 24.3 Å². The van der Waals surface area contributed by atoms with Crippen molar-refractivity contribution in [2.75, 3.05) is 53.4 Å². The van der Waals surface area contributed by atoms with Crippen molar-refractivity contribution in [2.45, 2.75) is 57.4 Å². The molecule has 3 aliphatic heterocycles. The number of rotatable bonds is 1. The van der Waals surface area contributed by atoms with Crippen LogP contribution in [-0.4, -0.2) is 80.1 Å². The van der Waals surface area contributed by atoms with Crippen molar-refractivity contribution in [1.29, 1.82) is 0 Å². The summed E-state index contributed by atoms with van der Waals surface area (Å²) in [6.07, 6.45) is 9.73. The zero-order valence-corrected chi connectivity index (χ0v) is 18.9. The van der Waals surface area contributed by atoms with Crippen LogP contribution in [-0.2, 0) is 11.2 Å². The van der Waals surface area contributed by atoms with E-state index in [0.717, 1.165) is 24.8 Å². The molecule has 30 heavy (non-hydrogen) atoms. The number of likely N-dealkylation sites (tertiary alicyclic amines) is 2. The summed E-state index contributed by atoms with van der Waals surface area (Å²) in [5.74, 6) is 0.975. The van der Waals surface area contributed by atoms with Gasteiger partial charge < -0.3 is 19.4 Å². The second-order valence-electron chi connectivity index (χ2n) is 9.92. The van der Waals surface area contributed by atoms with Crippen LogP contribution in [0.1, 0.15) is 50.5 Å². The van der Waals surface area contributed by atoms with E-state index in [1.54, 1.807) is 0 Å². The Morgan fingerprint density at radius 1 is 0.967 bits per heavy atom. The van der Waals surface area contributed by atoms with Crippen molar-refractivity contribution in [3.05, 3.63) is 29.8 Å². The molecule has 1 aromatic carbocycles. The first-order chi connectivity index (χ1) is 14.5. The second-order valence-corrected chi connectivity index (χ2v) is 9.92. The van der Waals surface area contributed by atoms with Gasteiger partial charge in [0.05, 0.1) is 0 Å². The number of hydrogen-bond acceptors (Lipinski definition) is 4. The van der Waals surface area contributed by atoms with Crippen molar-refractivity contribution in [2.24, 2.45) is 5.41 Å². The maximum atomic E-state index is 12.8. The van der Waals surface area contributed by atoms with Crippen LogP contribution in [0.4, 0.5) is 0 Å². The van der Waals surface area contributed by atoms with Gasteiger partial charge in [0.1, 0.15) is 5.75 Å². The normalized spacial score (nSPS) is 25.3. The molecule has 0 aliphatic carbocycles. The first-order valence-electron chi connectivity index (χ1n) is 11.9. The van der Waals surface area contributed by atoms with Crippen LogP contribution in [0.3, 0.4) is 0 Å². The van der Waals surface area contributed by atoms with Gasteiger partial charge in [-0.1, -0.05) is 24.6 Å². The lowest BCUT2D eigenvalue weighted by Crippen LogP contribution is -2.52. The highest BCUT2D eigenvalue weighted by Crippen LogP contribution is 2.39. The highest BCUT2D eigenvalue weighted by Gasteiger charge is 2.38. The third-order valence-corrected chi connectivity index (χ3v) is 7.79. The second kappa shape index (κ2) is 9.69. The van der Waals surface area contributed by atoms with Gasteiger partial charge in [-0.2, -0.15) is 0 Å². The maximum Gasteiger partial charge on any atom is 0.260 e. The largest absolute Gasteiger partial charge is 0.483 e. The Morgan fingerprint density at radius 2 is 1.70 bits per heavy atom. The first kappa shape index (κ1) is 21.6. The van der Waals surface area contributed by atoms with Crippen molar-refractivity contribution in [3.8, 4) is 5.75 Å². The Kier molecular flexibility index (Phi) is 6.99. The summed E-state index contributed by atoms with van der Waals surface area (Å²) in [5, 5.41) is 0. The predicted molar refractivity (Wildman–Crippen MR) is 121 cm³/mol. The molecule has 3 heterocycles. The topological polar surface area (TPSA) is 36.0 Å². The summed E-state index contributed by atoms with van der Waals surface area (Å²) in [5.41, 5.74) is 1.50. The maximum absolute atomic E-state index is 12.8. The van der Waals surface area contributed by atoms with E-state index < -0.39 is 0 Å². The predicted octanol–water partition coefficient (Wildman–Crippen LogP) is 3.43. The van der Waals surface area contributed by atoms with E-state index in [-0.39, 0.29) is 17.9 Å². The summed E-state index contributed by atoms with van der Waals surface area (Å²) < 4.78 is 5.92. The number of ether oxygens (including phenoxy) is 1. The molecule has 0 bridgehead atoms. The number of likely N-dealkylation sites (N-methyl/N-ethyl adjacent to an activating group) is 1. The van der Waals surface area contributed by atoms with E-state index in [4.69, 9.17) is 4.74 Å². The van der Waals surface area contributed by atoms with E-state index in [1.807, 2.05) is 24.1 Å². The molecule has 2 fully saturated rings. The van der Waals surface area contributed by atoms with E-state index in [2.05, 4.69) is 29.0 Å². The van der Waals surface area contributed by atoms with Gasteiger partial charge in [-0.15, -0.1) is 0 Å².